The topological polar surface area (TPSA) is 177 Å². The predicted octanol–water partition coefficient (Wildman–Crippen LogP) is -4.53. The molecule has 1 heterocycles. The van der Waals surface area contributed by atoms with Crippen LogP contribution in [0.2, 0.25) is 0 Å². The highest BCUT2D eigenvalue weighted by molar-refractivity contribution is 5.56. The molecule has 10 heteroatoms. The van der Waals surface area contributed by atoms with Crippen molar-refractivity contribution in [2.75, 3.05) is 6.61 Å². The monoisotopic (exact) mass is 326 g/mol. The largest absolute Gasteiger partial charge is 0.394 e. The van der Waals surface area contributed by atoms with Gasteiger partial charge in [-0.3, -0.25) is 0 Å². The molecule has 1 fully saturated rings. The molecule has 10 nitrogen and oxygen atoms in total. The molecule has 0 aromatic heterocycles. The Morgan fingerprint density at radius 3 is 2.18 bits per heavy atom. The van der Waals surface area contributed by atoms with Gasteiger partial charge in [0.1, 0.15) is 42.7 Å². The summed E-state index contributed by atoms with van der Waals surface area (Å²) in [5, 5.41) is 66.7. The lowest BCUT2D eigenvalue weighted by molar-refractivity contribution is -0.324. The number of carbonyl (C=O) groups excluding carboxylic acids is 1. The second kappa shape index (κ2) is 8.24. The van der Waals surface area contributed by atoms with Gasteiger partial charge in [0.2, 0.25) is 0 Å². The van der Waals surface area contributed by atoms with Gasteiger partial charge < -0.3 is 50.0 Å². The molecular weight excluding hydrogens is 304 g/mol. The maximum Gasteiger partial charge on any atom is 0.187 e. The highest BCUT2D eigenvalue weighted by atomic mass is 16.7. The van der Waals surface area contributed by atoms with Crippen LogP contribution >= 0.6 is 0 Å². The van der Waals surface area contributed by atoms with Gasteiger partial charge in [-0.05, 0) is 6.92 Å². The van der Waals surface area contributed by atoms with Gasteiger partial charge in [-0.25, -0.2) is 0 Å². The van der Waals surface area contributed by atoms with Crippen LogP contribution < -0.4 is 0 Å². The lowest BCUT2D eigenvalue weighted by atomic mass is 9.98. The third-order valence-electron chi connectivity index (χ3n) is 3.44. The molecule has 22 heavy (non-hydrogen) atoms. The van der Waals surface area contributed by atoms with Crippen LogP contribution in [-0.2, 0) is 14.3 Å². The Morgan fingerprint density at radius 1 is 1.14 bits per heavy atom. The first-order chi connectivity index (χ1) is 10.2. The average Bonchev–Trinajstić information content (AvgIpc) is 2.50. The minimum atomic E-state index is -1.84. The van der Waals surface area contributed by atoms with E-state index in [1.807, 2.05) is 0 Å². The minimum Gasteiger partial charge on any atom is -0.394 e. The van der Waals surface area contributed by atoms with Gasteiger partial charge >= 0.3 is 0 Å². The smallest absolute Gasteiger partial charge is 0.187 e. The molecule has 0 aromatic rings. The summed E-state index contributed by atoms with van der Waals surface area (Å²) in [7, 11) is 0. The molecule has 1 saturated heterocycles. The van der Waals surface area contributed by atoms with E-state index in [1.165, 1.54) is 6.92 Å². The molecular formula is C12H22O10. The van der Waals surface area contributed by atoms with Crippen molar-refractivity contribution in [3.05, 3.63) is 0 Å². The lowest BCUT2D eigenvalue weighted by Gasteiger charge is -2.41. The third kappa shape index (κ3) is 4.19. The van der Waals surface area contributed by atoms with E-state index >= 15 is 0 Å². The Hall–Kier alpha value is -0.690. The molecule has 0 spiro atoms. The van der Waals surface area contributed by atoms with E-state index in [0.29, 0.717) is 0 Å². The number of aldehydes is 1. The SMILES string of the molecule is C[C@H](O)[C@H](O[C@@H]1O[C@H](CO)[C@@H](O)[C@H](O)[C@H]1O)[C@@H](O)[C@@H](O)C=O. The zero-order valence-electron chi connectivity index (χ0n) is 11.8. The lowest BCUT2D eigenvalue weighted by Crippen LogP contribution is -2.61. The van der Waals surface area contributed by atoms with Gasteiger partial charge in [0.25, 0.3) is 0 Å². The number of ether oxygens (including phenoxy) is 2. The van der Waals surface area contributed by atoms with Crippen LogP contribution in [0.15, 0.2) is 0 Å². The van der Waals surface area contributed by atoms with E-state index in [1.54, 1.807) is 0 Å². The minimum absolute atomic E-state index is 0.0384. The van der Waals surface area contributed by atoms with E-state index in [9.17, 15) is 35.4 Å². The molecule has 130 valence electrons. The first-order valence-electron chi connectivity index (χ1n) is 6.70. The second-order valence-electron chi connectivity index (χ2n) is 5.16. The maximum absolute atomic E-state index is 10.5. The molecule has 9 atom stereocenters. The van der Waals surface area contributed by atoms with Crippen molar-refractivity contribution in [3.63, 3.8) is 0 Å². The highest BCUT2D eigenvalue weighted by Crippen LogP contribution is 2.24. The quantitative estimate of drug-likeness (QED) is 0.225. The molecule has 0 aromatic carbocycles. The standard InChI is InChI=1S/C12H22O10/c1-4(15)11(7(17)5(16)2-13)22-12-10(20)9(19)8(18)6(3-14)21-12/h2,4-12,14-20H,3H2,1H3/t4-,5-,6+,7-,8+,9-,10+,11-,12-/m0/s1. The van der Waals surface area contributed by atoms with Crippen LogP contribution in [0, 0.1) is 0 Å². The van der Waals surface area contributed by atoms with Gasteiger partial charge in [0.05, 0.1) is 12.7 Å². The molecule has 0 unspecified atom stereocenters. The Morgan fingerprint density at radius 2 is 1.73 bits per heavy atom. The summed E-state index contributed by atoms with van der Waals surface area (Å²) in [4.78, 5) is 10.5. The number of aliphatic hydroxyl groups is 7. The summed E-state index contributed by atoms with van der Waals surface area (Å²) in [5.41, 5.74) is 0. The van der Waals surface area contributed by atoms with E-state index < -0.39 is 61.7 Å². The Balaban J connectivity index is 2.85. The molecule has 7 N–H and O–H groups in total. The van der Waals surface area contributed by atoms with Gasteiger partial charge in [-0.1, -0.05) is 0 Å². The predicted molar refractivity (Wildman–Crippen MR) is 68.4 cm³/mol. The summed E-state index contributed by atoms with van der Waals surface area (Å²) in [5.74, 6) is 0. The summed E-state index contributed by atoms with van der Waals surface area (Å²) >= 11 is 0. The molecule has 1 aliphatic rings. The maximum atomic E-state index is 10.5. The normalized spacial score (nSPS) is 38.1. The third-order valence-corrected chi connectivity index (χ3v) is 3.44. The molecule has 0 bridgehead atoms. The first kappa shape index (κ1) is 19.4. The van der Waals surface area contributed by atoms with E-state index in [0.717, 1.165) is 0 Å². The summed E-state index contributed by atoms with van der Waals surface area (Å²) in [6, 6.07) is 0. The Labute approximate surface area is 126 Å². The van der Waals surface area contributed by atoms with Crippen LogP contribution in [0.25, 0.3) is 0 Å². The number of carbonyl (C=O) groups is 1. The van der Waals surface area contributed by atoms with Crippen molar-refractivity contribution in [2.45, 2.75) is 62.0 Å². The second-order valence-corrected chi connectivity index (χ2v) is 5.16. The van der Waals surface area contributed by atoms with Gasteiger partial charge in [-0.15, -0.1) is 0 Å². The van der Waals surface area contributed by atoms with Crippen molar-refractivity contribution in [1.29, 1.82) is 0 Å². The Bertz CT molecular complexity index is 349. The molecule has 0 radical (unpaired) electrons. The molecule has 1 rings (SSSR count). The van der Waals surface area contributed by atoms with Gasteiger partial charge in [0.15, 0.2) is 12.6 Å². The van der Waals surface area contributed by atoms with Gasteiger partial charge in [-0.2, -0.15) is 0 Å². The molecule has 0 aliphatic carbocycles. The van der Waals surface area contributed by atoms with Crippen LogP contribution in [0.3, 0.4) is 0 Å². The first-order valence-corrected chi connectivity index (χ1v) is 6.70. The van der Waals surface area contributed by atoms with Crippen LogP contribution in [-0.4, -0.2) is 104 Å². The van der Waals surface area contributed by atoms with Crippen molar-refractivity contribution >= 4 is 6.29 Å². The fraction of sp³-hybridized carbons (Fsp3) is 0.917. The van der Waals surface area contributed by atoms with Crippen molar-refractivity contribution in [2.24, 2.45) is 0 Å². The van der Waals surface area contributed by atoms with E-state index in [-0.39, 0.29) is 6.29 Å². The van der Waals surface area contributed by atoms with Crippen molar-refractivity contribution < 1.29 is 50.0 Å². The Kier molecular flexibility index (Phi) is 7.25. The van der Waals surface area contributed by atoms with Crippen molar-refractivity contribution in [1.82, 2.24) is 0 Å². The molecule has 1 aliphatic heterocycles. The fourth-order valence-electron chi connectivity index (χ4n) is 2.09. The zero-order valence-corrected chi connectivity index (χ0v) is 11.8. The summed E-state index contributed by atoms with van der Waals surface area (Å²) in [6.45, 7) is 0.527. The molecule has 0 amide bonds. The number of hydrogen-bond acceptors (Lipinski definition) is 10. The number of aliphatic hydroxyl groups excluding tert-OH is 7. The van der Waals surface area contributed by atoms with E-state index in [2.05, 4.69) is 0 Å². The van der Waals surface area contributed by atoms with E-state index in [4.69, 9.17) is 14.6 Å². The zero-order chi connectivity index (χ0) is 17.0. The number of hydrogen-bond donors (Lipinski definition) is 7. The number of rotatable bonds is 7. The average molecular weight is 326 g/mol. The summed E-state index contributed by atoms with van der Waals surface area (Å²) < 4.78 is 10.2. The summed E-state index contributed by atoms with van der Waals surface area (Å²) in [6.07, 6.45) is -14.4. The van der Waals surface area contributed by atoms with Crippen LogP contribution in [0.1, 0.15) is 6.92 Å². The molecule has 0 saturated carbocycles. The van der Waals surface area contributed by atoms with Gasteiger partial charge in [0, 0.05) is 0 Å². The van der Waals surface area contributed by atoms with Crippen LogP contribution in [0.4, 0.5) is 0 Å². The fourth-order valence-corrected chi connectivity index (χ4v) is 2.09. The van der Waals surface area contributed by atoms with Crippen LogP contribution in [0.5, 0.6) is 0 Å². The highest BCUT2D eigenvalue weighted by Gasteiger charge is 2.46. The van der Waals surface area contributed by atoms with Crippen molar-refractivity contribution in [3.8, 4) is 0 Å².